The Hall–Kier alpha value is -1.04. The van der Waals surface area contributed by atoms with Gasteiger partial charge in [-0.25, -0.2) is 0 Å². The van der Waals surface area contributed by atoms with Gasteiger partial charge in [0, 0.05) is 25.4 Å². The molecule has 0 bridgehead atoms. The first-order valence-electron chi connectivity index (χ1n) is 4.75. The van der Waals surface area contributed by atoms with Gasteiger partial charge in [0.1, 0.15) is 0 Å². The molecule has 0 fully saturated rings. The van der Waals surface area contributed by atoms with Crippen LogP contribution in [0.2, 0.25) is 0 Å². The Balaban J connectivity index is 2.78. The van der Waals surface area contributed by atoms with Crippen molar-refractivity contribution in [2.24, 2.45) is 7.05 Å². The lowest BCUT2D eigenvalue weighted by Gasteiger charge is -2.06. The molecule has 86 valence electrons. The molecule has 3 nitrogen and oxygen atoms in total. The van der Waals surface area contributed by atoms with Gasteiger partial charge in [0.25, 0.3) is 0 Å². The van der Waals surface area contributed by atoms with Gasteiger partial charge in [-0.2, -0.15) is 18.3 Å². The maximum atomic E-state index is 12.5. The molecular weight excluding hydrogens is 207 g/mol. The van der Waals surface area contributed by atoms with E-state index in [2.05, 4.69) is 10.4 Å². The molecule has 0 aliphatic rings. The molecule has 0 aliphatic heterocycles. The number of hydrogen-bond donors (Lipinski definition) is 1. The van der Waals surface area contributed by atoms with Gasteiger partial charge in [0.2, 0.25) is 0 Å². The second-order valence-electron chi connectivity index (χ2n) is 3.35. The molecule has 0 aliphatic carbocycles. The van der Waals surface area contributed by atoms with E-state index >= 15 is 0 Å². The van der Waals surface area contributed by atoms with Crippen LogP contribution in [-0.4, -0.2) is 16.3 Å². The fourth-order valence-corrected chi connectivity index (χ4v) is 1.31. The van der Waals surface area contributed by atoms with Gasteiger partial charge >= 0.3 is 6.18 Å². The Kier molecular flexibility index (Phi) is 3.73. The summed E-state index contributed by atoms with van der Waals surface area (Å²) in [7, 11) is 1.48. The van der Waals surface area contributed by atoms with Crippen LogP contribution in [0.3, 0.4) is 0 Å². The van der Waals surface area contributed by atoms with Gasteiger partial charge in [-0.1, -0.05) is 6.92 Å². The van der Waals surface area contributed by atoms with Gasteiger partial charge < -0.3 is 5.32 Å². The molecule has 0 saturated carbocycles. The number of nitrogens with one attached hydrogen (secondary N) is 1. The summed E-state index contributed by atoms with van der Waals surface area (Å²) < 4.78 is 38.6. The molecule has 0 spiro atoms. The third-order valence-electron chi connectivity index (χ3n) is 1.92. The molecule has 1 heterocycles. The van der Waals surface area contributed by atoms with Crippen LogP contribution in [0.4, 0.5) is 13.2 Å². The lowest BCUT2D eigenvalue weighted by Crippen LogP contribution is -2.17. The fraction of sp³-hybridized carbons (Fsp3) is 0.667. The normalized spacial score (nSPS) is 12.1. The summed E-state index contributed by atoms with van der Waals surface area (Å²) in [5.74, 6) is 0. The molecule has 0 saturated heterocycles. The number of aromatic nitrogens is 2. The van der Waals surface area contributed by atoms with Gasteiger partial charge in [-0.3, -0.25) is 4.68 Å². The first-order valence-corrected chi connectivity index (χ1v) is 4.75. The summed E-state index contributed by atoms with van der Waals surface area (Å²) >= 11 is 0. The Morgan fingerprint density at radius 2 is 2.13 bits per heavy atom. The van der Waals surface area contributed by atoms with Crippen LogP contribution in [0, 0.1) is 0 Å². The summed E-state index contributed by atoms with van der Waals surface area (Å²) in [4.78, 5) is 0. The average Bonchev–Trinajstić information content (AvgIpc) is 2.47. The van der Waals surface area contributed by atoms with Gasteiger partial charge in [-0.05, 0) is 13.0 Å². The number of rotatable bonds is 4. The summed E-state index contributed by atoms with van der Waals surface area (Å²) in [5.41, 5.74) is -0.605. The van der Waals surface area contributed by atoms with Crippen molar-refractivity contribution in [3.05, 3.63) is 17.5 Å². The quantitative estimate of drug-likeness (QED) is 0.787. The minimum Gasteiger partial charge on any atom is -0.313 e. The molecule has 0 amide bonds. The molecule has 0 unspecified atom stereocenters. The monoisotopic (exact) mass is 221 g/mol. The Bertz CT molecular complexity index is 317. The zero-order valence-electron chi connectivity index (χ0n) is 8.73. The molecule has 1 aromatic heterocycles. The lowest BCUT2D eigenvalue weighted by molar-refractivity contribution is -0.142. The fourth-order valence-electron chi connectivity index (χ4n) is 1.31. The van der Waals surface area contributed by atoms with Crippen molar-refractivity contribution in [2.45, 2.75) is 26.1 Å². The van der Waals surface area contributed by atoms with Crippen molar-refractivity contribution in [1.29, 1.82) is 0 Å². The van der Waals surface area contributed by atoms with Crippen LogP contribution in [-0.2, 0) is 19.8 Å². The van der Waals surface area contributed by atoms with Gasteiger partial charge in [0.15, 0.2) is 5.69 Å². The standard InChI is InChI=1S/C9H14F3N3/c1-3-4-13-5-7-6-15(2)14-8(7)9(10,11)12/h6,13H,3-5H2,1-2H3. The van der Waals surface area contributed by atoms with Gasteiger partial charge in [-0.15, -0.1) is 0 Å². The summed E-state index contributed by atoms with van der Waals surface area (Å²) in [6.07, 6.45) is -2.09. The lowest BCUT2D eigenvalue weighted by atomic mass is 10.2. The number of hydrogen-bond acceptors (Lipinski definition) is 2. The van der Waals surface area contributed by atoms with E-state index in [1.54, 1.807) is 0 Å². The SMILES string of the molecule is CCCNCc1cn(C)nc1C(F)(F)F. The molecule has 0 atom stereocenters. The maximum absolute atomic E-state index is 12.5. The number of aryl methyl sites for hydroxylation is 1. The van der Waals surface area contributed by atoms with Crippen LogP contribution in [0.1, 0.15) is 24.6 Å². The zero-order valence-corrected chi connectivity index (χ0v) is 8.73. The highest BCUT2D eigenvalue weighted by atomic mass is 19.4. The molecule has 0 aromatic carbocycles. The molecule has 1 rings (SSSR count). The highest BCUT2D eigenvalue weighted by molar-refractivity contribution is 5.19. The van der Waals surface area contributed by atoms with Crippen molar-refractivity contribution in [3.8, 4) is 0 Å². The van der Waals surface area contributed by atoms with Crippen molar-refractivity contribution >= 4 is 0 Å². The maximum Gasteiger partial charge on any atom is 0.435 e. The number of alkyl halides is 3. The van der Waals surface area contributed by atoms with Crippen LogP contribution in [0.25, 0.3) is 0 Å². The number of halogens is 3. The molecule has 1 aromatic rings. The van der Waals surface area contributed by atoms with Crippen LogP contribution in [0.15, 0.2) is 6.20 Å². The van der Waals surface area contributed by atoms with Gasteiger partial charge in [0.05, 0.1) is 0 Å². The minimum absolute atomic E-state index is 0.193. The molecule has 6 heteroatoms. The van der Waals surface area contributed by atoms with Crippen molar-refractivity contribution in [1.82, 2.24) is 15.1 Å². The van der Waals surface area contributed by atoms with Crippen molar-refractivity contribution in [2.75, 3.05) is 6.54 Å². The van der Waals surface area contributed by atoms with Crippen molar-refractivity contribution in [3.63, 3.8) is 0 Å². The van der Waals surface area contributed by atoms with E-state index < -0.39 is 11.9 Å². The number of nitrogens with zero attached hydrogens (tertiary/aromatic N) is 2. The van der Waals surface area contributed by atoms with Crippen molar-refractivity contribution < 1.29 is 13.2 Å². The van der Waals surface area contributed by atoms with E-state index in [-0.39, 0.29) is 12.1 Å². The summed E-state index contributed by atoms with van der Waals surface area (Å²) in [5, 5.41) is 6.34. The predicted molar refractivity (Wildman–Crippen MR) is 50.2 cm³/mol. The van der Waals surface area contributed by atoms with E-state index in [4.69, 9.17) is 0 Å². The minimum atomic E-state index is -4.37. The van der Waals surface area contributed by atoms with E-state index in [0.29, 0.717) is 6.54 Å². The van der Waals surface area contributed by atoms with Crippen LogP contribution >= 0.6 is 0 Å². The van der Waals surface area contributed by atoms with E-state index in [1.807, 2.05) is 6.92 Å². The topological polar surface area (TPSA) is 29.9 Å². The first-order chi connectivity index (χ1) is 6.95. The highest BCUT2D eigenvalue weighted by Gasteiger charge is 2.36. The second-order valence-corrected chi connectivity index (χ2v) is 3.35. The Morgan fingerprint density at radius 3 is 2.67 bits per heavy atom. The van der Waals surface area contributed by atoms with E-state index in [9.17, 15) is 13.2 Å². The summed E-state index contributed by atoms with van der Waals surface area (Å²) in [6.45, 7) is 2.86. The second kappa shape index (κ2) is 4.65. The van der Waals surface area contributed by atoms with Crippen LogP contribution in [0.5, 0.6) is 0 Å². The summed E-state index contributed by atoms with van der Waals surface area (Å²) in [6, 6.07) is 0. The molecule has 1 N–H and O–H groups in total. The van der Waals surface area contributed by atoms with E-state index in [1.165, 1.54) is 17.9 Å². The Labute approximate surface area is 86.3 Å². The third kappa shape index (κ3) is 3.23. The third-order valence-corrected chi connectivity index (χ3v) is 1.92. The molecule has 0 radical (unpaired) electrons. The smallest absolute Gasteiger partial charge is 0.313 e. The first kappa shape index (κ1) is 12.0. The predicted octanol–water partition coefficient (Wildman–Crippen LogP) is 1.94. The average molecular weight is 221 g/mol. The Morgan fingerprint density at radius 1 is 1.47 bits per heavy atom. The largest absolute Gasteiger partial charge is 0.435 e. The zero-order chi connectivity index (χ0) is 11.5. The molecular formula is C9H14F3N3. The van der Waals surface area contributed by atoms with E-state index in [0.717, 1.165) is 6.42 Å². The molecule has 15 heavy (non-hydrogen) atoms. The van der Waals surface area contributed by atoms with Crippen LogP contribution < -0.4 is 5.32 Å². The highest BCUT2D eigenvalue weighted by Crippen LogP contribution is 2.30.